The van der Waals surface area contributed by atoms with Gasteiger partial charge in [0.05, 0.1) is 5.56 Å². The van der Waals surface area contributed by atoms with Gasteiger partial charge in [0.25, 0.3) is 0 Å². The fraction of sp³-hybridized carbons (Fsp3) is 0.0833. The van der Waals surface area contributed by atoms with E-state index >= 15 is 0 Å². The molecule has 2 rings (SSSR count). The largest absolute Gasteiger partial charge is 0.504 e. The molecule has 0 unspecified atom stereocenters. The molecule has 0 spiro atoms. The number of allylic oxidation sites excluding steroid dienone is 4. The molecule has 1 aliphatic rings. The molecule has 0 bridgehead atoms. The lowest BCUT2D eigenvalue weighted by molar-refractivity contribution is 0.102. The van der Waals surface area contributed by atoms with E-state index in [-0.39, 0.29) is 5.56 Å². The highest BCUT2D eigenvalue weighted by Gasteiger charge is 2.20. The fourth-order valence-electron chi connectivity index (χ4n) is 1.53. The molecule has 1 N–H and O–H groups in total. The standard InChI is InChI=1S/C12H8F2O2/c13-8-5-9(12(16)10(14)6-8)11(15)7-3-1-2-4-7/h1-3,5-6,16H,4H2. The summed E-state index contributed by atoms with van der Waals surface area (Å²) in [7, 11) is 0. The van der Waals surface area contributed by atoms with Crippen molar-refractivity contribution in [1.82, 2.24) is 0 Å². The van der Waals surface area contributed by atoms with Gasteiger partial charge in [0.2, 0.25) is 0 Å². The molecule has 0 radical (unpaired) electrons. The van der Waals surface area contributed by atoms with E-state index in [9.17, 15) is 18.7 Å². The molecule has 0 heterocycles. The molecule has 2 nitrogen and oxygen atoms in total. The summed E-state index contributed by atoms with van der Waals surface area (Å²) in [6.07, 6.45) is 5.40. The Kier molecular flexibility index (Phi) is 2.56. The first-order chi connectivity index (χ1) is 7.59. The van der Waals surface area contributed by atoms with Crippen LogP contribution in [0.1, 0.15) is 16.8 Å². The number of hydrogen-bond acceptors (Lipinski definition) is 2. The zero-order valence-corrected chi connectivity index (χ0v) is 8.21. The molecule has 0 aliphatic heterocycles. The molecule has 1 aromatic rings. The number of ketones is 1. The molecule has 0 saturated heterocycles. The van der Waals surface area contributed by atoms with Gasteiger partial charge in [-0.25, -0.2) is 8.78 Å². The molecular weight excluding hydrogens is 214 g/mol. The van der Waals surface area contributed by atoms with Gasteiger partial charge >= 0.3 is 0 Å². The lowest BCUT2D eigenvalue weighted by atomic mass is 10.0. The monoisotopic (exact) mass is 222 g/mol. The van der Waals surface area contributed by atoms with E-state index < -0.39 is 23.2 Å². The molecule has 1 aromatic carbocycles. The zero-order chi connectivity index (χ0) is 11.7. The number of benzene rings is 1. The highest BCUT2D eigenvalue weighted by Crippen LogP contribution is 2.27. The molecule has 4 heteroatoms. The smallest absolute Gasteiger partial charge is 0.193 e. The Labute approximate surface area is 90.5 Å². The fourth-order valence-corrected chi connectivity index (χ4v) is 1.53. The normalized spacial score (nSPS) is 14.0. The third-order valence-corrected chi connectivity index (χ3v) is 2.34. The minimum absolute atomic E-state index is 0.340. The average molecular weight is 222 g/mol. The minimum atomic E-state index is -1.13. The number of carbonyl (C=O) groups excluding carboxylic acids is 1. The Balaban J connectivity index is 2.44. The maximum Gasteiger partial charge on any atom is 0.193 e. The van der Waals surface area contributed by atoms with Crippen molar-refractivity contribution in [3.05, 3.63) is 53.1 Å². The van der Waals surface area contributed by atoms with Crippen LogP contribution in [0.3, 0.4) is 0 Å². The maximum atomic E-state index is 13.0. The highest BCUT2D eigenvalue weighted by atomic mass is 19.1. The number of aromatic hydroxyl groups is 1. The van der Waals surface area contributed by atoms with Crippen LogP contribution in [0.25, 0.3) is 0 Å². The molecule has 1 aliphatic carbocycles. The van der Waals surface area contributed by atoms with Gasteiger partial charge in [-0.1, -0.05) is 18.2 Å². The first-order valence-corrected chi connectivity index (χ1v) is 4.68. The molecular formula is C12H8F2O2. The quantitative estimate of drug-likeness (QED) is 0.781. The second kappa shape index (κ2) is 3.89. The number of carbonyl (C=O) groups is 1. The van der Waals surface area contributed by atoms with Crippen LogP contribution in [0.5, 0.6) is 5.75 Å². The van der Waals surface area contributed by atoms with Crippen LogP contribution in [0.2, 0.25) is 0 Å². The number of hydrogen-bond donors (Lipinski definition) is 1. The molecule has 0 atom stereocenters. The second-order valence-electron chi connectivity index (χ2n) is 3.44. The summed E-state index contributed by atoms with van der Waals surface area (Å²) in [5.74, 6) is -3.37. The van der Waals surface area contributed by atoms with Gasteiger partial charge in [0.15, 0.2) is 17.3 Å². The predicted octanol–water partition coefficient (Wildman–Crippen LogP) is 2.74. The van der Waals surface area contributed by atoms with Gasteiger partial charge in [-0.05, 0) is 12.5 Å². The number of phenolic OH excluding ortho intramolecular Hbond substituents is 1. The third-order valence-electron chi connectivity index (χ3n) is 2.34. The van der Waals surface area contributed by atoms with E-state index in [2.05, 4.69) is 0 Å². The second-order valence-corrected chi connectivity index (χ2v) is 3.44. The first kappa shape index (κ1) is 10.5. The van der Waals surface area contributed by atoms with Crippen LogP contribution >= 0.6 is 0 Å². The van der Waals surface area contributed by atoms with Crippen molar-refractivity contribution in [2.24, 2.45) is 0 Å². The van der Waals surface area contributed by atoms with Gasteiger partial charge in [0.1, 0.15) is 5.82 Å². The third kappa shape index (κ3) is 1.74. The summed E-state index contributed by atoms with van der Waals surface area (Å²) in [5.41, 5.74) is 0.0627. The van der Waals surface area contributed by atoms with E-state index in [4.69, 9.17) is 0 Å². The average Bonchev–Trinajstić information content (AvgIpc) is 2.75. The predicted molar refractivity (Wildman–Crippen MR) is 54.2 cm³/mol. The van der Waals surface area contributed by atoms with Crippen LogP contribution in [-0.2, 0) is 0 Å². The lowest BCUT2D eigenvalue weighted by Crippen LogP contribution is -2.04. The van der Waals surface area contributed by atoms with Gasteiger partial charge in [0, 0.05) is 11.6 Å². The molecule has 0 fully saturated rings. The molecule has 0 saturated carbocycles. The van der Waals surface area contributed by atoms with Gasteiger partial charge in [-0.3, -0.25) is 4.79 Å². The van der Waals surface area contributed by atoms with Crippen LogP contribution in [-0.4, -0.2) is 10.9 Å². The Hall–Kier alpha value is -1.97. The van der Waals surface area contributed by atoms with Crippen LogP contribution in [0, 0.1) is 11.6 Å². The summed E-state index contributed by atoms with van der Waals surface area (Å²) in [5, 5.41) is 9.34. The Morgan fingerprint density at radius 1 is 1.31 bits per heavy atom. The Morgan fingerprint density at radius 2 is 2.06 bits per heavy atom. The van der Waals surface area contributed by atoms with E-state index in [1.807, 2.05) is 0 Å². The summed E-state index contributed by atoms with van der Waals surface area (Å²) in [4.78, 5) is 11.8. The van der Waals surface area contributed by atoms with Crippen LogP contribution in [0.15, 0.2) is 35.9 Å². The lowest BCUT2D eigenvalue weighted by Gasteiger charge is -2.05. The number of rotatable bonds is 2. The highest BCUT2D eigenvalue weighted by molar-refractivity contribution is 6.11. The van der Waals surface area contributed by atoms with Crippen molar-refractivity contribution in [2.45, 2.75) is 6.42 Å². The van der Waals surface area contributed by atoms with Crippen molar-refractivity contribution in [3.8, 4) is 5.75 Å². The summed E-state index contributed by atoms with van der Waals surface area (Å²) in [6, 6.07) is 1.37. The van der Waals surface area contributed by atoms with Gasteiger partial charge in [-0.2, -0.15) is 0 Å². The topological polar surface area (TPSA) is 37.3 Å². The van der Waals surface area contributed by atoms with Crippen molar-refractivity contribution in [3.63, 3.8) is 0 Å². The summed E-state index contributed by atoms with van der Waals surface area (Å²) in [6.45, 7) is 0. The van der Waals surface area contributed by atoms with Crippen LogP contribution < -0.4 is 0 Å². The summed E-state index contributed by atoms with van der Waals surface area (Å²) < 4.78 is 25.9. The Morgan fingerprint density at radius 3 is 2.69 bits per heavy atom. The SMILES string of the molecule is O=C(C1=CC=CC1)c1cc(F)cc(F)c1O. The first-order valence-electron chi connectivity index (χ1n) is 4.68. The van der Waals surface area contributed by atoms with Gasteiger partial charge in [-0.15, -0.1) is 0 Å². The van der Waals surface area contributed by atoms with E-state index in [0.29, 0.717) is 18.1 Å². The van der Waals surface area contributed by atoms with E-state index in [1.54, 1.807) is 18.2 Å². The molecule has 16 heavy (non-hydrogen) atoms. The minimum Gasteiger partial charge on any atom is -0.504 e. The van der Waals surface area contributed by atoms with Crippen LogP contribution in [0.4, 0.5) is 8.78 Å². The van der Waals surface area contributed by atoms with Crippen molar-refractivity contribution < 1.29 is 18.7 Å². The molecule has 0 aromatic heterocycles. The van der Waals surface area contributed by atoms with Gasteiger partial charge < -0.3 is 5.11 Å². The van der Waals surface area contributed by atoms with E-state index in [1.165, 1.54) is 0 Å². The summed E-state index contributed by atoms with van der Waals surface area (Å²) >= 11 is 0. The number of phenols is 1. The Bertz CT molecular complexity index is 516. The molecule has 82 valence electrons. The number of halogens is 2. The van der Waals surface area contributed by atoms with Crippen molar-refractivity contribution in [1.29, 1.82) is 0 Å². The maximum absolute atomic E-state index is 13.0. The van der Waals surface area contributed by atoms with Crippen molar-refractivity contribution >= 4 is 5.78 Å². The number of Topliss-reactive ketones (excluding diaryl/α,β-unsaturated/α-hetero) is 1. The molecule has 0 amide bonds. The van der Waals surface area contributed by atoms with E-state index in [0.717, 1.165) is 6.07 Å². The van der Waals surface area contributed by atoms with Crippen molar-refractivity contribution in [2.75, 3.05) is 0 Å². The zero-order valence-electron chi connectivity index (χ0n) is 8.21.